The van der Waals surface area contributed by atoms with E-state index in [0.29, 0.717) is 39.2 Å². The number of carbonyl (C=O) groups is 2. The van der Waals surface area contributed by atoms with E-state index in [1.165, 1.54) is 0 Å². The SMILES string of the molecule is CC(C)C(=O)CCOCCNC(=O)CCCOC1CCC(OS)CC1. The molecule has 1 rings (SSSR count). The monoisotopic (exact) mass is 375 g/mol. The maximum absolute atomic E-state index is 11.7. The van der Waals surface area contributed by atoms with Gasteiger partial charge in [-0.1, -0.05) is 13.8 Å². The standard InChI is InChI=1S/C18H33NO5S/c1-14(2)17(20)9-12-22-13-10-19-18(21)4-3-11-23-15-5-7-16(24-25)8-6-15/h14-16,25H,3-13H2,1-2H3,(H,19,21). The Morgan fingerprint density at radius 2 is 1.72 bits per heavy atom. The Kier molecular flexibility index (Phi) is 12.2. The van der Waals surface area contributed by atoms with Crippen molar-refractivity contribution in [2.75, 3.05) is 26.4 Å². The molecule has 6 nitrogen and oxygen atoms in total. The van der Waals surface area contributed by atoms with E-state index in [1.807, 2.05) is 13.8 Å². The Labute approximate surface area is 157 Å². The summed E-state index contributed by atoms with van der Waals surface area (Å²) in [6.07, 6.45) is 6.10. The molecule has 1 amide bonds. The topological polar surface area (TPSA) is 73.9 Å². The maximum Gasteiger partial charge on any atom is 0.220 e. The lowest BCUT2D eigenvalue weighted by atomic mass is 9.95. The van der Waals surface area contributed by atoms with Crippen LogP contribution in [-0.2, 0) is 23.2 Å². The van der Waals surface area contributed by atoms with Crippen molar-refractivity contribution in [2.45, 2.75) is 71.0 Å². The molecule has 25 heavy (non-hydrogen) atoms. The second kappa shape index (κ2) is 13.6. The van der Waals surface area contributed by atoms with Crippen LogP contribution in [0.4, 0.5) is 0 Å². The van der Waals surface area contributed by atoms with Crippen LogP contribution < -0.4 is 5.32 Å². The third-order valence-corrected chi connectivity index (χ3v) is 4.68. The first-order valence-electron chi connectivity index (χ1n) is 9.32. The van der Waals surface area contributed by atoms with Gasteiger partial charge in [-0.25, -0.2) is 0 Å². The van der Waals surface area contributed by atoms with E-state index >= 15 is 0 Å². The smallest absolute Gasteiger partial charge is 0.220 e. The molecule has 0 aromatic rings. The highest BCUT2D eigenvalue weighted by Crippen LogP contribution is 2.24. The minimum Gasteiger partial charge on any atom is -0.379 e. The Morgan fingerprint density at radius 3 is 2.36 bits per heavy atom. The van der Waals surface area contributed by atoms with E-state index in [-0.39, 0.29) is 29.8 Å². The van der Waals surface area contributed by atoms with Crippen LogP contribution in [0, 0.1) is 5.92 Å². The summed E-state index contributed by atoms with van der Waals surface area (Å²) in [7, 11) is 0. The second-order valence-electron chi connectivity index (χ2n) is 6.81. The fraction of sp³-hybridized carbons (Fsp3) is 0.889. The van der Waals surface area contributed by atoms with Gasteiger partial charge in [-0.05, 0) is 45.0 Å². The zero-order chi connectivity index (χ0) is 18.5. The largest absolute Gasteiger partial charge is 0.379 e. The van der Waals surface area contributed by atoms with Gasteiger partial charge < -0.3 is 19.0 Å². The van der Waals surface area contributed by atoms with Crippen molar-refractivity contribution in [3.05, 3.63) is 0 Å². The summed E-state index contributed by atoms with van der Waals surface area (Å²) in [6.45, 7) is 5.70. The summed E-state index contributed by atoms with van der Waals surface area (Å²) in [4.78, 5) is 23.1. The van der Waals surface area contributed by atoms with E-state index in [2.05, 4.69) is 18.2 Å². The van der Waals surface area contributed by atoms with Gasteiger partial charge in [0, 0.05) is 31.9 Å². The van der Waals surface area contributed by atoms with Crippen LogP contribution in [0.2, 0.25) is 0 Å². The van der Waals surface area contributed by atoms with Gasteiger partial charge in [0.1, 0.15) is 5.78 Å². The molecule has 1 saturated carbocycles. The van der Waals surface area contributed by atoms with Gasteiger partial charge >= 0.3 is 0 Å². The lowest BCUT2D eigenvalue weighted by Gasteiger charge is -2.26. The summed E-state index contributed by atoms with van der Waals surface area (Å²) < 4.78 is 16.2. The van der Waals surface area contributed by atoms with Crippen LogP contribution in [0.5, 0.6) is 0 Å². The first-order chi connectivity index (χ1) is 12.0. The molecule has 0 aliphatic heterocycles. The number of rotatable bonds is 13. The molecule has 0 spiro atoms. The molecule has 7 heteroatoms. The molecule has 0 saturated heterocycles. The van der Waals surface area contributed by atoms with Crippen LogP contribution >= 0.6 is 12.9 Å². The fourth-order valence-electron chi connectivity index (χ4n) is 2.70. The van der Waals surface area contributed by atoms with Crippen LogP contribution in [0.15, 0.2) is 0 Å². The molecule has 1 N–H and O–H groups in total. The molecule has 0 unspecified atom stereocenters. The van der Waals surface area contributed by atoms with E-state index in [1.54, 1.807) is 0 Å². The van der Waals surface area contributed by atoms with Gasteiger partial charge in [0.05, 0.1) is 25.4 Å². The van der Waals surface area contributed by atoms with Crippen molar-refractivity contribution in [1.29, 1.82) is 0 Å². The Morgan fingerprint density at radius 1 is 1.04 bits per heavy atom. The van der Waals surface area contributed by atoms with Crippen molar-refractivity contribution in [3.8, 4) is 0 Å². The summed E-state index contributed by atoms with van der Waals surface area (Å²) in [6, 6.07) is 0. The van der Waals surface area contributed by atoms with Crippen LogP contribution in [0.1, 0.15) is 58.8 Å². The van der Waals surface area contributed by atoms with Gasteiger partial charge in [0.15, 0.2) is 0 Å². The number of Topliss-reactive ketones (excluding diaryl/α,β-unsaturated/α-hetero) is 1. The molecule has 0 aromatic carbocycles. The first-order valence-corrected chi connectivity index (χ1v) is 9.68. The predicted octanol–water partition coefficient (Wildman–Crippen LogP) is 2.70. The summed E-state index contributed by atoms with van der Waals surface area (Å²) in [5, 5.41) is 2.82. The molecular weight excluding hydrogens is 342 g/mol. The van der Waals surface area contributed by atoms with E-state index in [4.69, 9.17) is 13.7 Å². The number of thiol groups is 1. The lowest BCUT2D eigenvalue weighted by molar-refractivity contribution is -0.124. The van der Waals surface area contributed by atoms with Gasteiger partial charge in [0.25, 0.3) is 0 Å². The van der Waals surface area contributed by atoms with Crippen LogP contribution in [0.25, 0.3) is 0 Å². The number of ketones is 1. The average molecular weight is 376 g/mol. The van der Waals surface area contributed by atoms with Gasteiger partial charge in [-0.3, -0.25) is 9.59 Å². The average Bonchev–Trinajstić information content (AvgIpc) is 2.61. The zero-order valence-electron chi connectivity index (χ0n) is 15.5. The molecule has 1 aliphatic rings. The first kappa shape index (κ1) is 22.4. The minimum atomic E-state index is 0.0117. The summed E-state index contributed by atoms with van der Waals surface area (Å²) >= 11 is 3.86. The van der Waals surface area contributed by atoms with E-state index < -0.39 is 0 Å². The molecule has 0 aromatic heterocycles. The van der Waals surface area contributed by atoms with Crippen molar-refractivity contribution < 1.29 is 23.2 Å². The Hall–Kier alpha value is -0.630. The Bertz CT molecular complexity index is 384. The molecule has 0 heterocycles. The minimum absolute atomic E-state index is 0.0117. The number of hydrogen-bond donors (Lipinski definition) is 2. The maximum atomic E-state index is 11.7. The molecule has 1 fully saturated rings. The normalized spacial score (nSPS) is 20.6. The quantitative estimate of drug-likeness (QED) is 0.294. The van der Waals surface area contributed by atoms with Crippen molar-refractivity contribution >= 4 is 24.6 Å². The fourth-order valence-corrected chi connectivity index (χ4v) is 2.91. The highest BCUT2D eigenvalue weighted by molar-refractivity contribution is 7.75. The molecule has 1 aliphatic carbocycles. The number of hydrogen-bond acceptors (Lipinski definition) is 6. The van der Waals surface area contributed by atoms with Gasteiger partial charge in [-0.15, -0.1) is 0 Å². The number of carbonyl (C=O) groups excluding carboxylic acids is 2. The van der Waals surface area contributed by atoms with Crippen molar-refractivity contribution in [1.82, 2.24) is 5.32 Å². The zero-order valence-corrected chi connectivity index (χ0v) is 16.4. The molecule has 0 bridgehead atoms. The molecule has 0 atom stereocenters. The van der Waals surface area contributed by atoms with E-state index in [0.717, 1.165) is 32.1 Å². The molecule has 146 valence electrons. The number of amides is 1. The summed E-state index contributed by atoms with van der Waals surface area (Å²) in [5.41, 5.74) is 0. The van der Waals surface area contributed by atoms with Crippen LogP contribution in [0.3, 0.4) is 0 Å². The highest BCUT2D eigenvalue weighted by Gasteiger charge is 2.21. The van der Waals surface area contributed by atoms with E-state index in [9.17, 15) is 9.59 Å². The molecule has 0 radical (unpaired) electrons. The Balaban J connectivity index is 1.90. The number of nitrogens with one attached hydrogen (secondary N) is 1. The summed E-state index contributed by atoms with van der Waals surface area (Å²) in [5.74, 6) is 0.269. The third-order valence-electron chi connectivity index (χ3n) is 4.38. The van der Waals surface area contributed by atoms with Crippen molar-refractivity contribution in [3.63, 3.8) is 0 Å². The van der Waals surface area contributed by atoms with Crippen molar-refractivity contribution in [2.24, 2.45) is 5.92 Å². The van der Waals surface area contributed by atoms with Gasteiger partial charge in [-0.2, -0.15) is 0 Å². The van der Waals surface area contributed by atoms with Gasteiger partial charge in [0.2, 0.25) is 5.91 Å². The lowest BCUT2D eigenvalue weighted by Crippen LogP contribution is -2.28. The third kappa shape index (κ3) is 10.8. The molecular formula is C18H33NO5S. The predicted molar refractivity (Wildman–Crippen MR) is 99.6 cm³/mol. The highest BCUT2D eigenvalue weighted by atomic mass is 32.1. The second-order valence-corrected chi connectivity index (χ2v) is 7.02. The number of ether oxygens (including phenoxy) is 2. The van der Waals surface area contributed by atoms with Crippen LogP contribution in [-0.4, -0.2) is 50.3 Å².